The van der Waals surface area contributed by atoms with Crippen LogP contribution in [0.25, 0.3) is 0 Å². The van der Waals surface area contributed by atoms with Crippen molar-refractivity contribution in [2.24, 2.45) is 17.8 Å². The van der Waals surface area contributed by atoms with Gasteiger partial charge in [-0.2, -0.15) is 0 Å². The molecule has 1 aliphatic heterocycles. The molecule has 0 aliphatic carbocycles. The molecule has 1 fully saturated rings. The Labute approximate surface area is 70.1 Å². The van der Waals surface area contributed by atoms with Crippen LogP contribution in [0.5, 0.6) is 0 Å². The molecule has 0 N–H and O–H groups in total. The van der Waals surface area contributed by atoms with Gasteiger partial charge in [0.2, 0.25) is 0 Å². The molecule has 1 saturated heterocycles. The lowest BCUT2D eigenvalue weighted by Crippen LogP contribution is -2.52. The van der Waals surface area contributed by atoms with E-state index in [0.29, 0.717) is 24.0 Å². The quantitative estimate of drug-likeness (QED) is 0.597. The predicted molar refractivity (Wildman–Crippen MR) is 47.5 cm³/mol. The lowest BCUT2D eigenvalue weighted by molar-refractivity contribution is -0.211. The zero-order chi connectivity index (χ0) is 8.59. The highest BCUT2D eigenvalue weighted by molar-refractivity contribution is 4.88. The highest BCUT2D eigenvalue weighted by Gasteiger charge is 2.41. The zero-order valence-electron chi connectivity index (χ0n) is 8.29. The monoisotopic (exact) mass is 156 g/mol. The maximum absolute atomic E-state index is 5.77. The summed E-state index contributed by atoms with van der Waals surface area (Å²) in [5.74, 6) is 2.12. The smallest absolute Gasteiger partial charge is 0.0652 e. The van der Waals surface area contributed by atoms with Crippen LogP contribution in [0.2, 0.25) is 0 Å². The average molecular weight is 156 g/mol. The molecule has 0 aromatic heterocycles. The molecule has 66 valence electrons. The van der Waals surface area contributed by atoms with Crippen molar-refractivity contribution in [3.63, 3.8) is 0 Å². The molecule has 0 saturated carbocycles. The van der Waals surface area contributed by atoms with Gasteiger partial charge >= 0.3 is 0 Å². The molecule has 2 unspecified atom stereocenters. The van der Waals surface area contributed by atoms with E-state index < -0.39 is 0 Å². The van der Waals surface area contributed by atoms with E-state index in [2.05, 4.69) is 34.6 Å². The van der Waals surface area contributed by atoms with Crippen molar-refractivity contribution >= 4 is 0 Å². The number of rotatable bonds is 2. The van der Waals surface area contributed by atoms with Crippen LogP contribution in [0.15, 0.2) is 0 Å². The maximum Gasteiger partial charge on any atom is 0.0652 e. The minimum atomic E-state index is 0.516. The van der Waals surface area contributed by atoms with Gasteiger partial charge in [0.15, 0.2) is 0 Å². The van der Waals surface area contributed by atoms with E-state index in [1.165, 1.54) is 0 Å². The molecule has 2 atom stereocenters. The van der Waals surface area contributed by atoms with Crippen molar-refractivity contribution in [1.29, 1.82) is 0 Å². The molecule has 1 nitrogen and oxygen atoms in total. The fourth-order valence-corrected chi connectivity index (χ4v) is 2.06. The third-order valence-electron chi connectivity index (χ3n) is 2.66. The topological polar surface area (TPSA) is 9.23 Å². The van der Waals surface area contributed by atoms with Crippen molar-refractivity contribution in [3.05, 3.63) is 0 Å². The summed E-state index contributed by atoms with van der Waals surface area (Å²) < 4.78 is 5.77. The van der Waals surface area contributed by atoms with Crippen molar-refractivity contribution < 1.29 is 4.74 Å². The minimum Gasteiger partial charge on any atom is -0.374 e. The van der Waals surface area contributed by atoms with Crippen molar-refractivity contribution in [2.75, 3.05) is 0 Å². The minimum absolute atomic E-state index is 0.516. The second-order valence-corrected chi connectivity index (χ2v) is 4.41. The summed E-state index contributed by atoms with van der Waals surface area (Å²) in [6.45, 7) is 11.2. The standard InChI is InChI=1S/C10H20O/c1-6(2)9-8(5)10(11-9)7(3)4/h6-10H,1-5H3. The maximum atomic E-state index is 5.77. The molecule has 0 radical (unpaired) electrons. The highest BCUT2D eigenvalue weighted by Crippen LogP contribution is 2.36. The second kappa shape index (κ2) is 3.14. The Hall–Kier alpha value is -0.0400. The second-order valence-electron chi connectivity index (χ2n) is 4.41. The Kier molecular flexibility index (Phi) is 2.58. The summed E-state index contributed by atoms with van der Waals surface area (Å²) in [6.07, 6.45) is 1.03. The third kappa shape index (κ3) is 1.58. The summed E-state index contributed by atoms with van der Waals surface area (Å²) in [5.41, 5.74) is 0. The van der Waals surface area contributed by atoms with Crippen LogP contribution in [-0.2, 0) is 4.74 Å². The van der Waals surface area contributed by atoms with Crippen LogP contribution in [0.4, 0.5) is 0 Å². The first kappa shape index (κ1) is 9.05. The Morgan fingerprint density at radius 3 is 1.45 bits per heavy atom. The Bertz CT molecular complexity index is 115. The van der Waals surface area contributed by atoms with E-state index in [0.717, 1.165) is 5.92 Å². The Balaban J connectivity index is 2.38. The first-order valence-electron chi connectivity index (χ1n) is 4.69. The first-order valence-corrected chi connectivity index (χ1v) is 4.69. The van der Waals surface area contributed by atoms with Crippen LogP contribution in [0.1, 0.15) is 34.6 Å². The Morgan fingerprint density at radius 1 is 0.909 bits per heavy atom. The lowest BCUT2D eigenvalue weighted by Gasteiger charge is -2.47. The van der Waals surface area contributed by atoms with E-state index in [1.807, 2.05) is 0 Å². The van der Waals surface area contributed by atoms with Gasteiger partial charge in [-0.1, -0.05) is 34.6 Å². The van der Waals surface area contributed by atoms with Crippen molar-refractivity contribution in [2.45, 2.75) is 46.8 Å². The van der Waals surface area contributed by atoms with Gasteiger partial charge < -0.3 is 4.74 Å². The summed E-state index contributed by atoms with van der Waals surface area (Å²) in [5, 5.41) is 0. The molecular weight excluding hydrogens is 136 g/mol. The third-order valence-corrected chi connectivity index (χ3v) is 2.66. The molecule has 1 rings (SSSR count). The lowest BCUT2D eigenvalue weighted by atomic mass is 9.80. The highest BCUT2D eigenvalue weighted by atomic mass is 16.5. The normalized spacial score (nSPS) is 37.9. The van der Waals surface area contributed by atoms with Crippen LogP contribution in [0.3, 0.4) is 0 Å². The zero-order valence-corrected chi connectivity index (χ0v) is 8.29. The summed E-state index contributed by atoms with van der Waals surface area (Å²) >= 11 is 0. The average Bonchev–Trinajstić information content (AvgIpc) is 1.82. The van der Waals surface area contributed by atoms with Gasteiger partial charge in [-0.05, 0) is 11.8 Å². The largest absolute Gasteiger partial charge is 0.374 e. The van der Waals surface area contributed by atoms with Gasteiger partial charge in [0, 0.05) is 5.92 Å². The summed E-state index contributed by atoms with van der Waals surface area (Å²) in [7, 11) is 0. The number of hydrogen-bond donors (Lipinski definition) is 0. The van der Waals surface area contributed by atoms with E-state index >= 15 is 0 Å². The van der Waals surface area contributed by atoms with Gasteiger partial charge in [0.1, 0.15) is 0 Å². The molecule has 0 aromatic rings. The van der Waals surface area contributed by atoms with Crippen LogP contribution >= 0.6 is 0 Å². The van der Waals surface area contributed by atoms with Crippen LogP contribution < -0.4 is 0 Å². The number of hydrogen-bond acceptors (Lipinski definition) is 1. The van der Waals surface area contributed by atoms with E-state index in [9.17, 15) is 0 Å². The first-order chi connectivity index (χ1) is 5.04. The molecule has 11 heavy (non-hydrogen) atoms. The molecule has 0 bridgehead atoms. The SMILES string of the molecule is CC(C)C1OC(C(C)C)C1C. The van der Waals surface area contributed by atoms with E-state index in [1.54, 1.807) is 0 Å². The molecular formula is C10H20O. The van der Waals surface area contributed by atoms with Crippen molar-refractivity contribution in [1.82, 2.24) is 0 Å². The van der Waals surface area contributed by atoms with Gasteiger partial charge in [-0.25, -0.2) is 0 Å². The molecule has 0 spiro atoms. The fourth-order valence-electron chi connectivity index (χ4n) is 2.06. The van der Waals surface area contributed by atoms with Gasteiger partial charge in [0.25, 0.3) is 0 Å². The molecule has 1 aliphatic rings. The van der Waals surface area contributed by atoms with Gasteiger partial charge in [-0.3, -0.25) is 0 Å². The predicted octanol–water partition coefficient (Wildman–Crippen LogP) is 2.70. The fraction of sp³-hybridized carbons (Fsp3) is 1.00. The Morgan fingerprint density at radius 2 is 1.27 bits per heavy atom. The molecule has 1 heteroatoms. The van der Waals surface area contributed by atoms with E-state index in [4.69, 9.17) is 4.74 Å². The van der Waals surface area contributed by atoms with Gasteiger partial charge in [-0.15, -0.1) is 0 Å². The molecule has 0 amide bonds. The summed E-state index contributed by atoms with van der Waals surface area (Å²) in [4.78, 5) is 0. The van der Waals surface area contributed by atoms with Crippen molar-refractivity contribution in [3.8, 4) is 0 Å². The van der Waals surface area contributed by atoms with Gasteiger partial charge in [0.05, 0.1) is 12.2 Å². The molecule has 0 aromatic carbocycles. The molecule has 1 heterocycles. The number of ether oxygens (including phenoxy) is 1. The van der Waals surface area contributed by atoms with Crippen LogP contribution in [-0.4, -0.2) is 12.2 Å². The summed E-state index contributed by atoms with van der Waals surface area (Å²) in [6, 6.07) is 0. The van der Waals surface area contributed by atoms with E-state index in [-0.39, 0.29) is 0 Å². The van der Waals surface area contributed by atoms with Crippen LogP contribution in [0, 0.1) is 17.8 Å².